The molecule has 0 spiro atoms. The standard InChI is InChI=1S/C25H19ClF2N6O2/c26-17-3-1-16(2-4-17)14-34-23-22(33(12-10-27)15-30-23)24(35)32-25(34)31-19-5-7-20(8-6-19)36-21-13-18(28)9-11-29-21/h1-9,11,13,15H,10,12,14H2,(H,31,32,35). The fourth-order valence-electron chi connectivity index (χ4n) is 3.67. The van der Waals surface area contributed by atoms with Gasteiger partial charge in [-0.15, -0.1) is 0 Å². The first-order valence-electron chi connectivity index (χ1n) is 10.9. The molecule has 0 atom stereocenters. The molecule has 0 saturated heterocycles. The predicted molar refractivity (Wildman–Crippen MR) is 132 cm³/mol. The van der Waals surface area contributed by atoms with E-state index in [1.807, 2.05) is 12.1 Å². The molecule has 182 valence electrons. The van der Waals surface area contributed by atoms with Gasteiger partial charge in [-0.3, -0.25) is 9.36 Å². The van der Waals surface area contributed by atoms with Gasteiger partial charge in [0.05, 0.1) is 19.4 Å². The van der Waals surface area contributed by atoms with Crippen molar-refractivity contribution in [2.24, 2.45) is 0 Å². The minimum atomic E-state index is -0.637. The number of alkyl halides is 1. The molecule has 36 heavy (non-hydrogen) atoms. The van der Waals surface area contributed by atoms with Crippen molar-refractivity contribution in [3.05, 3.63) is 99.9 Å². The normalized spacial score (nSPS) is 11.1. The van der Waals surface area contributed by atoms with E-state index in [9.17, 15) is 13.6 Å². The molecule has 11 heteroatoms. The van der Waals surface area contributed by atoms with Crippen LogP contribution in [0.25, 0.3) is 11.2 Å². The molecule has 3 aromatic heterocycles. The first-order valence-corrected chi connectivity index (χ1v) is 11.3. The number of hydrogen-bond donors (Lipinski definition) is 1. The Hall–Kier alpha value is -4.31. The molecule has 0 bridgehead atoms. The molecule has 0 fully saturated rings. The van der Waals surface area contributed by atoms with Crippen molar-refractivity contribution in [1.82, 2.24) is 24.1 Å². The van der Waals surface area contributed by atoms with Crippen LogP contribution in [0.2, 0.25) is 5.02 Å². The maximum absolute atomic E-state index is 13.4. The lowest BCUT2D eigenvalue weighted by molar-refractivity contribution is 0.449. The number of ether oxygens (including phenoxy) is 1. The zero-order valence-electron chi connectivity index (χ0n) is 18.7. The number of pyridine rings is 1. The van der Waals surface area contributed by atoms with Crippen LogP contribution in [-0.2, 0) is 13.1 Å². The number of nitrogens with one attached hydrogen (secondary N) is 1. The Morgan fingerprint density at radius 3 is 2.53 bits per heavy atom. The fraction of sp³-hybridized carbons (Fsp3) is 0.120. The smallest absolute Gasteiger partial charge is 0.300 e. The van der Waals surface area contributed by atoms with Gasteiger partial charge in [0, 0.05) is 23.0 Å². The highest BCUT2D eigenvalue weighted by Crippen LogP contribution is 2.25. The highest BCUT2D eigenvalue weighted by Gasteiger charge is 2.17. The molecule has 5 rings (SSSR count). The number of halogens is 3. The van der Waals surface area contributed by atoms with Crippen molar-refractivity contribution in [1.29, 1.82) is 0 Å². The SMILES string of the molecule is O=c1nc(Nc2ccc(Oc3cc(F)ccn3)cc2)n(Cc2ccc(Cl)cc2)c2ncn(CCF)c12. The van der Waals surface area contributed by atoms with Crippen molar-refractivity contribution >= 4 is 34.4 Å². The maximum Gasteiger partial charge on any atom is 0.300 e. The Bertz CT molecular complexity index is 1570. The van der Waals surface area contributed by atoms with Crippen LogP contribution in [0, 0.1) is 5.82 Å². The van der Waals surface area contributed by atoms with Gasteiger partial charge >= 0.3 is 5.56 Å². The molecule has 0 amide bonds. The molecule has 0 aliphatic carbocycles. The molecule has 0 saturated carbocycles. The highest BCUT2D eigenvalue weighted by molar-refractivity contribution is 6.30. The van der Waals surface area contributed by atoms with E-state index in [1.165, 1.54) is 29.2 Å². The predicted octanol–water partition coefficient (Wildman–Crippen LogP) is 5.33. The number of anilines is 2. The van der Waals surface area contributed by atoms with Gasteiger partial charge in [0.2, 0.25) is 11.8 Å². The van der Waals surface area contributed by atoms with Crippen LogP contribution in [0.1, 0.15) is 5.56 Å². The summed E-state index contributed by atoms with van der Waals surface area (Å²) in [7, 11) is 0. The van der Waals surface area contributed by atoms with Gasteiger partial charge in [0.15, 0.2) is 11.2 Å². The van der Waals surface area contributed by atoms with Gasteiger partial charge < -0.3 is 14.6 Å². The Balaban J connectivity index is 1.48. The van der Waals surface area contributed by atoms with Crippen LogP contribution < -0.4 is 15.6 Å². The third kappa shape index (κ3) is 5.03. The summed E-state index contributed by atoms with van der Waals surface area (Å²) in [5.74, 6) is 0.384. The highest BCUT2D eigenvalue weighted by atomic mass is 35.5. The summed E-state index contributed by atoms with van der Waals surface area (Å²) in [6, 6.07) is 16.5. The third-order valence-corrected chi connectivity index (χ3v) is 5.60. The number of aryl methyl sites for hydroxylation is 1. The molecule has 2 aromatic carbocycles. The van der Waals surface area contributed by atoms with Crippen LogP contribution in [0.15, 0.2) is 78.0 Å². The second-order valence-corrected chi connectivity index (χ2v) is 8.25. The molecule has 0 aliphatic heterocycles. The van der Waals surface area contributed by atoms with Gasteiger partial charge in [-0.2, -0.15) is 4.98 Å². The zero-order valence-corrected chi connectivity index (χ0v) is 19.5. The fourth-order valence-corrected chi connectivity index (χ4v) is 3.80. The van der Waals surface area contributed by atoms with E-state index in [0.717, 1.165) is 5.56 Å². The minimum Gasteiger partial charge on any atom is -0.439 e. The van der Waals surface area contributed by atoms with E-state index >= 15 is 0 Å². The quantitative estimate of drug-likeness (QED) is 0.305. The van der Waals surface area contributed by atoms with Crippen LogP contribution in [0.3, 0.4) is 0 Å². The van der Waals surface area contributed by atoms with Crippen LogP contribution in [-0.4, -0.2) is 30.8 Å². The van der Waals surface area contributed by atoms with Gasteiger partial charge in [0.25, 0.3) is 0 Å². The molecule has 1 N–H and O–H groups in total. The zero-order chi connectivity index (χ0) is 25.1. The number of nitrogens with zero attached hydrogens (tertiary/aromatic N) is 5. The molecule has 0 aliphatic rings. The number of benzene rings is 2. The molecule has 5 aromatic rings. The number of aromatic nitrogens is 5. The second kappa shape index (κ2) is 10.1. The monoisotopic (exact) mass is 508 g/mol. The topological polar surface area (TPSA) is 86.9 Å². The van der Waals surface area contributed by atoms with E-state index in [2.05, 4.69) is 20.3 Å². The van der Waals surface area contributed by atoms with Gasteiger partial charge in [-0.25, -0.2) is 18.7 Å². The maximum atomic E-state index is 13.4. The molecule has 8 nitrogen and oxygen atoms in total. The number of fused-ring (bicyclic) bond motifs is 1. The van der Waals surface area contributed by atoms with Crippen LogP contribution >= 0.6 is 11.6 Å². The van der Waals surface area contributed by atoms with Gasteiger partial charge in [0.1, 0.15) is 18.2 Å². The molecular weight excluding hydrogens is 490 g/mol. The van der Waals surface area contributed by atoms with E-state index in [0.29, 0.717) is 28.7 Å². The van der Waals surface area contributed by atoms with Crippen molar-refractivity contribution in [3.8, 4) is 11.6 Å². The van der Waals surface area contributed by atoms with Crippen molar-refractivity contribution in [2.45, 2.75) is 13.1 Å². The Morgan fingerprint density at radius 2 is 1.81 bits per heavy atom. The Kier molecular flexibility index (Phi) is 6.59. The Labute approximate surface area is 208 Å². The largest absolute Gasteiger partial charge is 0.439 e. The second-order valence-electron chi connectivity index (χ2n) is 7.82. The summed E-state index contributed by atoms with van der Waals surface area (Å²) in [6.45, 7) is -0.299. The van der Waals surface area contributed by atoms with E-state index in [-0.39, 0.29) is 23.9 Å². The lowest BCUT2D eigenvalue weighted by Crippen LogP contribution is -2.20. The van der Waals surface area contributed by atoms with Crippen molar-refractivity contribution < 1.29 is 13.5 Å². The minimum absolute atomic E-state index is 0.00275. The summed E-state index contributed by atoms with van der Waals surface area (Å²) in [5, 5.41) is 3.75. The summed E-state index contributed by atoms with van der Waals surface area (Å²) < 4.78 is 35.2. The molecule has 3 heterocycles. The van der Waals surface area contributed by atoms with E-state index in [4.69, 9.17) is 16.3 Å². The number of rotatable bonds is 8. The summed E-state index contributed by atoms with van der Waals surface area (Å²) in [6.07, 6.45) is 2.75. The average Bonchev–Trinajstić information content (AvgIpc) is 3.29. The lowest BCUT2D eigenvalue weighted by Gasteiger charge is -2.15. The van der Waals surface area contributed by atoms with E-state index < -0.39 is 18.1 Å². The molecule has 0 unspecified atom stereocenters. The van der Waals surface area contributed by atoms with Crippen LogP contribution in [0.5, 0.6) is 11.6 Å². The number of imidazole rings is 1. The summed E-state index contributed by atoms with van der Waals surface area (Å²) in [5.41, 5.74) is 1.59. The average molecular weight is 509 g/mol. The number of hydrogen-bond acceptors (Lipinski definition) is 6. The molecule has 0 radical (unpaired) electrons. The molecular formula is C25H19ClF2N6O2. The lowest BCUT2D eigenvalue weighted by atomic mass is 10.2. The summed E-state index contributed by atoms with van der Waals surface area (Å²) in [4.78, 5) is 25.4. The van der Waals surface area contributed by atoms with Gasteiger partial charge in [-0.1, -0.05) is 23.7 Å². The Morgan fingerprint density at radius 1 is 1.03 bits per heavy atom. The van der Waals surface area contributed by atoms with E-state index in [1.54, 1.807) is 41.0 Å². The van der Waals surface area contributed by atoms with Crippen molar-refractivity contribution in [2.75, 3.05) is 12.0 Å². The van der Waals surface area contributed by atoms with Gasteiger partial charge in [-0.05, 0) is 48.0 Å². The third-order valence-electron chi connectivity index (χ3n) is 5.35. The first kappa shape index (κ1) is 23.4. The van der Waals surface area contributed by atoms with Crippen molar-refractivity contribution in [3.63, 3.8) is 0 Å². The first-order chi connectivity index (χ1) is 17.5. The van der Waals surface area contributed by atoms with Crippen LogP contribution in [0.4, 0.5) is 20.4 Å². The summed E-state index contributed by atoms with van der Waals surface area (Å²) >= 11 is 6.02.